The van der Waals surface area contributed by atoms with E-state index >= 15 is 0 Å². The summed E-state index contributed by atoms with van der Waals surface area (Å²) in [5.41, 5.74) is 4.49. The van der Waals surface area contributed by atoms with Gasteiger partial charge < -0.3 is 20.2 Å². The van der Waals surface area contributed by atoms with Gasteiger partial charge >= 0.3 is 6.03 Å². The lowest BCUT2D eigenvalue weighted by Crippen LogP contribution is -2.45. The average molecular weight is 366 g/mol. The zero-order valence-electron chi connectivity index (χ0n) is 15.6. The molecule has 1 aliphatic heterocycles. The molecule has 0 radical (unpaired) electrons. The number of carbonyl (C=O) groups is 1. The predicted octanol–water partition coefficient (Wildman–Crippen LogP) is 2.27. The second kappa shape index (κ2) is 7.56. The molecule has 1 aliphatic carbocycles. The Labute approximate surface area is 159 Å². The van der Waals surface area contributed by atoms with Crippen molar-refractivity contribution >= 4 is 11.7 Å². The molecule has 2 amide bonds. The number of rotatable bonds is 2. The maximum Gasteiger partial charge on any atom is 0.318 e. The molecule has 1 fully saturated rings. The van der Waals surface area contributed by atoms with Gasteiger partial charge in [-0.2, -0.15) is 0 Å². The molecule has 2 aliphatic rings. The standard InChI is InChI=1S/C21H26N4O2/c1-15-14-22-8-7-18(15)24-9-4-10-25(12-11-24)21(27)23-20-17-6-3-2-5-16(17)13-19(20)26/h2-3,5-8,14,19-20,26H,4,9-13H2,1H3,(H,23,27)/t19-,20-/m1/s1. The van der Waals surface area contributed by atoms with Crippen molar-refractivity contribution < 1.29 is 9.90 Å². The molecule has 0 spiro atoms. The second-order valence-corrected chi connectivity index (χ2v) is 7.39. The smallest absolute Gasteiger partial charge is 0.318 e. The van der Waals surface area contributed by atoms with Gasteiger partial charge in [-0.15, -0.1) is 0 Å². The molecule has 0 saturated carbocycles. The highest BCUT2D eigenvalue weighted by Gasteiger charge is 2.33. The van der Waals surface area contributed by atoms with Crippen molar-refractivity contribution in [2.24, 2.45) is 0 Å². The molecule has 2 atom stereocenters. The Bertz CT molecular complexity index is 825. The van der Waals surface area contributed by atoms with Crippen LogP contribution in [0.3, 0.4) is 0 Å². The van der Waals surface area contributed by atoms with Crippen LogP contribution in [0.4, 0.5) is 10.5 Å². The number of benzene rings is 1. The van der Waals surface area contributed by atoms with E-state index in [1.165, 1.54) is 5.69 Å². The highest BCUT2D eigenvalue weighted by molar-refractivity contribution is 5.75. The second-order valence-electron chi connectivity index (χ2n) is 7.39. The molecule has 2 N–H and O–H groups in total. The van der Waals surface area contributed by atoms with Crippen LogP contribution < -0.4 is 10.2 Å². The Morgan fingerprint density at radius 1 is 1.19 bits per heavy atom. The average Bonchev–Trinajstić information content (AvgIpc) is 2.84. The molecule has 1 aromatic carbocycles. The number of pyridine rings is 1. The van der Waals surface area contributed by atoms with E-state index in [1.807, 2.05) is 47.6 Å². The number of hydrogen-bond acceptors (Lipinski definition) is 4. The fraction of sp³-hybridized carbons (Fsp3) is 0.429. The normalized spacial score (nSPS) is 22.3. The van der Waals surface area contributed by atoms with Crippen LogP contribution in [-0.4, -0.2) is 53.3 Å². The number of urea groups is 1. The first-order valence-electron chi connectivity index (χ1n) is 9.60. The minimum atomic E-state index is -0.561. The van der Waals surface area contributed by atoms with Crippen LogP contribution in [0, 0.1) is 6.92 Å². The lowest BCUT2D eigenvalue weighted by molar-refractivity contribution is 0.134. The Morgan fingerprint density at radius 3 is 2.89 bits per heavy atom. The van der Waals surface area contributed by atoms with E-state index in [4.69, 9.17) is 0 Å². The van der Waals surface area contributed by atoms with Crippen molar-refractivity contribution in [2.45, 2.75) is 31.9 Å². The van der Waals surface area contributed by atoms with Gasteiger partial charge in [-0.25, -0.2) is 4.79 Å². The molecule has 6 heteroatoms. The maximum atomic E-state index is 12.8. The number of amides is 2. The molecule has 1 saturated heterocycles. The van der Waals surface area contributed by atoms with Crippen molar-refractivity contribution in [2.75, 3.05) is 31.1 Å². The van der Waals surface area contributed by atoms with Crippen molar-refractivity contribution in [3.8, 4) is 0 Å². The Hall–Kier alpha value is -2.60. The number of aryl methyl sites for hydroxylation is 1. The monoisotopic (exact) mass is 366 g/mol. The number of aliphatic hydroxyl groups is 1. The summed E-state index contributed by atoms with van der Waals surface area (Å²) in [5, 5.41) is 13.4. The first-order chi connectivity index (χ1) is 13.1. The molecular formula is C21H26N4O2. The number of carbonyl (C=O) groups excluding carboxylic acids is 1. The molecule has 0 unspecified atom stereocenters. The number of nitrogens with zero attached hydrogens (tertiary/aromatic N) is 3. The number of fused-ring (bicyclic) bond motifs is 1. The summed E-state index contributed by atoms with van der Waals surface area (Å²) in [6, 6.07) is 9.56. The molecule has 2 heterocycles. The van der Waals surface area contributed by atoms with Gasteiger partial charge in [-0.3, -0.25) is 4.98 Å². The largest absolute Gasteiger partial charge is 0.390 e. The summed E-state index contributed by atoms with van der Waals surface area (Å²) >= 11 is 0. The van der Waals surface area contributed by atoms with Crippen molar-refractivity contribution in [3.63, 3.8) is 0 Å². The van der Waals surface area contributed by atoms with Crippen LogP contribution in [0.15, 0.2) is 42.7 Å². The molecular weight excluding hydrogens is 340 g/mol. The molecule has 27 heavy (non-hydrogen) atoms. The Balaban J connectivity index is 1.41. The third-order valence-corrected chi connectivity index (χ3v) is 5.60. The van der Waals surface area contributed by atoms with Gasteiger partial charge in [0, 0.05) is 50.7 Å². The minimum absolute atomic E-state index is 0.0935. The van der Waals surface area contributed by atoms with Crippen LogP contribution in [0.2, 0.25) is 0 Å². The maximum absolute atomic E-state index is 12.8. The molecule has 0 bridgehead atoms. The number of nitrogens with one attached hydrogen (secondary N) is 1. The van der Waals surface area contributed by atoms with Gasteiger partial charge in [0.05, 0.1) is 12.1 Å². The first-order valence-corrected chi connectivity index (χ1v) is 9.60. The zero-order chi connectivity index (χ0) is 18.8. The van der Waals surface area contributed by atoms with Gasteiger partial charge in [0.1, 0.15) is 0 Å². The Morgan fingerprint density at radius 2 is 2.04 bits per heavy atom. The summed E-state index contributed by atoms with van der Waals surface area (Å²) < 4.78 is 0. The summed E-state index contributed by atoms with van der Waals surface area (Å²) in [4.78, 5) is 21.2. The first kappa shape index (κ1) is 17.8. The third-order valence-electron chi connectivity index (χ3n) is 5.60. The van der Waals surface area contributed by atoms with Crippen LogP contribution in [0.5, 0.6) is 0 Å². The van der Waals surface area contributed by atoms with E-state index in [0.717, 1.165) is 42.7 Å². The number of aliphatic hydroxyl groups excluding tert-OH is 1. The number of aromatic nitrogens is 1. The van der Waals surface area contributed by atoms with E-state index in [9.17, 15) is 9.90 Å². The molecule has 2 aromatic rings. The van der Waals surface area contributed by atoms with Crippen LogP contribution in [0.1, 0.15) is 29.2 Å². The van der Waals surface area contributed by atoms with E-state index in [-0.39, 0.29) is 12.1 Å². The highest BCUT2D eigenvalue weighted by Crippen LogP contribution is 2.31. The summed E-state index contributed by atoms with van der Waals surface area (Å²) in [5.74, 6) is 0. The number of hydrogen-bond donors (Lipinski definition) is 2. The van der Waals surface area contributed by atoms with Crippen molar-refractivity contribution in [1.29, 1.82) is 0 Å². The SMILES string of the molecule is Cc1cnccc1N1CCCN(C(=O)N[C@@H]2c3ccccc3C[C@H]2O)CC1. The lowest BCUT2D eigenvalue weighted by Gasteiger charge is -2.26. The van der Waals surface area contributed by atoms with Gasteiger partial charge in [0.2, 0.25) is 0 Å². The zero-order valence-corrected chi connectivity index (χ0v) is 15.6. The summed E-state index contributed by atoms with van der Waals surface area (Å²) in [6.07, 6.45) is 4.64. The van der Waals surface area contributed by atoms with Crippen molar-refractivity contribution in [1.82, 2.24) is 15.2 Å². The molecule has 1 aromatic heterocycles. The number of anilines is 1. The molecule has 4 rings (SSSR count). The topological polar surface area (TPSA) is 68.7 Å². The third kappa shape index (κ3) is 3.62. The van der Waals surface area contributed by atoms with E-state index < -0.39 is 6.10 Å². The fourth-order valence-corrected chi connectivity index (χ4v) is 4.15. The van der Waals surface area contributed by atoms with Gasteiger partial charge in [-0.05, 0) is 36.1 Å². The van der Waals surface area contributed by atoms with E-state index in [2.05, 4.69) is 22.1 Å². The van der Waals surface area contributed by atoms with Crippen LogP contribution in [0.25, 0.3) is 0 Å². The predicted molar refractivity (Wildman–Crippen MR) is 105 cm³/mol. The minimum Gasteiger partial charge on any atom is -0.390 e. The quantitative estimate of drug-likeness (QED) is 0.856. The van der Waals surface area contributed by atoms with E-state index in [0.29, 0.717) is 13.0 Å². The summed E-state index contributed by atoms with van der Waals surface area (Å²) in [6.45, 7) is 5.16. The highest BCUT2D eigenvalue weighted by atomic mass is 16.3. The lowest BCUT2D eigenvalue weighted by atomic mass is 10.1. The van der Waals surface area contributed by atoms with Crippen LogP contribution >= 0.6 is 0 Å². The van der Waals surface area contributed by atoms with Crippen molar-refractivity contribution in [3.05, 3.63) is 59.4 Å². The molecule has 142 valence electrons. The Kier molecular flexibility index (Phi) is 4.99. The van der Waals surface area contributed by atoms with Gasteiger partial charge in [-0.1, -0.05) is 24.3 Å². The van der Waals surface area contributed by atoms with Gasteiger partial charge in [0.15, 0.2) is 0 Å². The molecule has 6 nitrogen and oxygen atoms in total. The van der Waals surface area contributed by atoms with E-state index in [1.54, 1.807) is 0 Å². The van der Waals surface area contributed by atoms with Crippen LogP contribution in [-0.2, 0) is 6.42 Å². The fourth-order valence-electron chi connectivity index (χ4n) is 4.15. The van der Waals surface area contributed by atoms with Gasteiger partial charge in [0.25, 0.3) is 0 Å². The summed E-state index contributed by atoms with van der Waals surface area (Å²) in [7, 11) is 0.